The lowest BCUT2D eigenvalue weighted by molar-refractivity contribution is 0.0976. The molecule has 3 aromatic rings. The van der Waals surface area contributed by atoms with E-state index in [-0.39, 0.29) is 18.6 Å². The molecule has 2 heterocycles. The molecule has 5 rings (SSSR count). The standard InChI is InChI=1S/C23H18N2O5/c1-28-17-8-6-16(7-9-17)25-12-14-3-2-4-18(21(14)23(25)27)22(26)24-15-5-10-19-20(11-15)30-13-29-19/h2-11H,12-13H2,1H3,(H,24,26). The number of nitrogens with zero attached hydrogens (tertiary/aromatic N) is 1. The molecule has 2 amide bonds. The minimum absolute atomic E-state index is 0.161. The Labute approximate surface area is 172 Å². The molecule has 3 aromatic carbocycles. The maximum Gasteiger partial charge on any atom is 0.259 e. The lowest BCUT2D eigenvalue weighted by Gasteiger charge is -2.16. The third kappa shape index (κ3) is 3.00. The van der Waals surface area contributed by atoms with Crippen molar-refractivity contribution >= 4 is 23.2 Å². The van der Waals surface area contributed by atoms with Crippen LogP contribution in [0.15, 0.2) is 60.7 Å². The van der Waals surface area contributed by atoms with Crippen LogP contribution in [0.2, 0.25) is 0 Å². The fourth-order valence-corrected chi connectivity index (χ4v) is 3.69. The Kier molecular flexibility index (Phi) is 4.28. The van der Waals surface area contributed by atoms with Crippen LogP contribution >= 0.6 is 0 Å². The maximum absolute atomic E-state index is 13.2. The van der Waals surface area contributed by atoms with E-state index in [2.05, 4.69) is 5.32 Å². The summed E-state index contributed by atoms with van der Waals surface area (Å²) in [6, 6.07) is 17.8. The Bertz CT molecular complexity index is 1160. The van der Waals surface area contributed by atoms with Crippen LogP contribution in [0.5, 0.6) is 17.2 Å². The zero-order chi connectivity index (χ0) is 20.7. The molecule has 0 atom stereocenters. The molecule has 2 aliphatic rings. The Hall–Kier alpha value is -4.00. The highest BCUT2D eigenvalue weighted by Crippen LogP contribution is 2.35. The van der Waals surface area contributed by atoms with E-state index in [1.54, 1.807) is 54.5 Å². The summed E-state index contributed by atoms with van der Waals surface area (Å²) in [5.41, 5.74) is 2.89. The highest BCUT2D eigenvalue weighted by molar-refractivity contribution is 6.18. The monoisotopic (exact) mass is 402 g/mol. The molecule has 7 heteroatoms. The smallest absolute Gasteiger partial charge is 0.259 e. The molecule has 0 saturated carbocycles. The average molecular weight is 402 g/mol. The van der Waals surface area contributed by atoms with E-state index in [1.807, 2.05) is 18.2 Å². The highest BCUT2D eigenvalue weighted by atomic mass is 16.7. The second-order valence-electron chi connectivity index (χ2n) is 6.95. The lowest BCUT2D eigenvalue weighted by atomic mass is 10.0. The zero-order valence-electron chi connectivity index (χ0n) is 16.2. The number of ether oxygens (including phenoxy) is 3. The van der Waals surface area contributed by atoms with E-state index >= 15 is 0 Å². The first-order valence-corrected chi connectivity index (χ1v) is 9.43. The minimum atomic E-state index is -0.351. The number of nitrogens with one attached hydrogen (secondary N) is 1. The first kappa shape index (κ1) is 18.1. The molecule has 30 heavy (non-hydrogen) atoms. The predicted octanol–water partition coefficient (Wildman–Crippen LogP) is 3.84. The first-order valence-electron chi connectivity index (χ1n) is 9.43. The molecule has 0 aliphatic carbocycles. The number of benzene rings is 3. The number of methoxy groups -OCH3 is 1. The van der Waals surface area contributed by atoms with Crippen molar-refractivity contribution in [1.29, 1.82) is 0 Å². The largest absolute Gasteiger partial charge is 0.497 e. The second-order valence-corrected chi connectivity index (χ2v) is 6.95. The molecule has 0 fully saturated rings. The number of carbonyl (C=O) groups is 2. The van der Waals surface area contributed by atoms with Crippen LogP contribution in [-0.2, 0) is 6.54 Å². The molecular formula is C23H18N2O5. The van der Waals surface area contributed by atoms with Gasteiger partial charge in [-0.15, -0.1) is 0 Å². The summed E-state index contributed by atoms with van der Waals surface area (Å²) in [5, 5.41) is 2.85. The van der Waals surface area contributed by atoms with E-state index in [4.69, 9.17) is 14.2 Å². The molecule has 0 unspecified atom stereocenters. The molecule has 0 radical (unpaired) electrons. The van der Waals surface area contributed by atoms with Gasteiger partial charge >= 0.3 is 0 Å². The summed E-state index contributed by atoms with van der Waals surface area (Å²) in [6.07, 6.45) is 0. The number of fused-ring (bicyclic) bond motifs is 2. The zero-order valence-corrected chi connectivity index (χ0v) is 16.2. The first-order chi connectivity index (χ1) is 14.6. The number of hydrogen-bond donors (Lipinski definition) is 1. The minimum Gasteiger partial charge on any atom is -0.497 e. The van der Waals surface area contributed by atoms with Gasteiger partial charge in [0.25, 0.3) is 11.8 Å². The second kappa shape index (κ2) is 7.11. The van der Waals surface area contributed by atoms with Crippen molar-refractivity contribution in [2.75, 3.05) is 24.1 Å². The van der Waals surface area contributed by atoms with E-state index in [9.17, 15) is 9.59 Å². The number of carbonyl (C=O) groups excluding carboxylic acids is 2. The SMILES string of the molecule is COc1ccc(N2Cc3cccc(C(=O)Nc4ccc5c(c4)OCO5)c3C2=O)cc1. The van der Waals surface area contributed by atoms with Gasteiger partial charge in [-0.25, -0.2) is 0 Å². The van der Waals surface area contributed by atoms with Gasteiger partial charge in [0.1, 0.15) is 5.75 Å². The molecule has 150 valence electrons. The summed E-state index contributed by atoms with van der Waals surface area (Å²) in [7, 11) is 1.59. The third-order valence-electron chi connectivity index (χ3n) is 5.20. The van der Waals surface area contributed by atoms with Crippen LogP contribution in [0.25, 0.3) is 0 Å². The number of anilines is 2. The lowest BCUT2D eigenvalue weighted by Crippen LogP contribution is -2.24. The highest BCUT2D eigenvalue weighted by Gasteiger charge is 2.32. The van der Waals surface area contributed by atoms with Crippen molar-refractivity contribution in [3.05, 3.63) is 77.4 Å². The summed E-state index contributed by atoms with van der Waals surface area (Å²) in [6.45, 7) is 0.570. The summed E-state index contributed by atoms with van der Waals surface area (Å²) >= 11 is 0. The van der Waals surface area contributed by atoms with Crippen molar-refractivity contribution in [3.63, 3.8) is 0 Å². The molecular weight excluding hydrogens is 384 g/mol. The van der Waals surface area contributed by atoms with E-state index in [0.29, 0.717) is 40.6 Å². The van der Waals surface area contributed by atoms with Crippen LogP contribution in [0.3, 0.4) is 0 Å². The normalized spacial score (nSPS) is 13.9. The third-order valence-corrected chi connectivity index (χ3v) is 5.20. The molecule has 0 saturated heterocycles. The van der Waals surface area contributed by atoms with Crippen molar-refractivity contribution < 1.29 is 23.8 Å². The van der Waals surface area contributed by atoms with Crippen molar-refractivity contribution in [3.8, 4) is 17.2 Å². The maximum atomic E-state index is 13.2. The molecule has 0 aromatic heterocycles. The number of hydrogen-bond acceptors (Lipinski definition) is 5. The topological polar surface area (TPSA) is 77.1 Å². The van der Waals surface area contributed by atoms with Crippen LogP contribution < -0.4 is 24.4 Å². The van der Waals surface area contributed by atoms with Crippen LogP contribution in [0.4, 0.5) is 11.4 Å². The van der Waals surface area contributed by atoms with Crippen molar-refractivity contribution in [2.24, 2.45) is 0 Å². The molecule has 2 aliphatic heterocycles. The Morgan fingerprint density at radius 1 is 1.03 bits per heavy atom. The fraction of sp³-hybridized carbons (Fsp3) is 0.130. The predicted molar refractivity (Wildman–Crippen MR) is 110 cm³/mol. The van der Waals surface area contributed by atoms with E-state index in [0.717, 1.165) is 11.3 Å². The van der Waals surface area contributed by atoms with E-state index in [1.165, 1.54) is 0 Å². The van der Waals surface area contributed by atoms with Gasteiger partial charge in [0.15, 0.2) is 11.5 Å². The summed E-state index contributed by atoms with van der Waals surface area (Å²) < 4.78 is 15.8. The summed E-state index contributed by atoms with van der Waals surface area (Å²) in [5.74, 6) is 1.38. The quantitative estimate of drug-likeness (QED) is 0.718. The van der Waals surface area contributed by atoms with Gasteiger partial charge < -0.3 is 24.4 Å². The number of rotatable bonds is 4. The summed E-state index contributed by atoms with van der Waals surface area (Å²) in [4.78, 5) is 27.8. The van der Waals surface area contributed by atoms with Gasteiger partial charge in [-0.2, -0.15) is 0 Å². The van der Waals surface area contributed by atoms with Crippen LogP contribution in [0.1, 0.15) is 26.3 Å². The Morgan fingerprint density at radius 2 is 1.83 bits per heavy atom. The molecule has 0 spiro atoms. The number of amides is 2. The van der Waals surface area contributed by atoms with Crippen LogP contribution in [0, 0.1) is 0 Å². The van der Waals surface area contributed by atoms with E-state index < -0.39 is 0 Å². The average Bonchev–Trinajstić information content (AvgIpc) is 3.38. The Morgan fingerprint density at radius 3 is 2.63 bits per heavy atom. The van der Waals surface area contributed by atoms with Gasteiger partial charge in [-0.3, -0.25) is 9.59 Å². The van der Waals surface area contributed by atoms with Crippen molar-refractivity contribution in [1.82, 2.24) is 0 Å². The van der Waals surface area contributed by atoms with Gasteiger partial charge in [0.2, 0.25) is 6.79 Å². The van der Waals surface area contributed by atoms with Gasteiger partial charge in [-0.05, 0) is 48.0 Å². The Balaban J connectivity index is 1.42. The van der Waals surface area contributed by atoms with Gasteiger partial charge in [0.05, 0.1) is 24.8 Å². The van der Waals surface area contributed by atoms with Gasteiger partial charge in [-0.1, -0.05) is 12.1 Å². The fourth-order valence-electron chi connectivity index (χ4n) is 3.69. The van der Waals surface area contributed by atoms with Gasteiger partial charge in [0, 0.05) is 17.4 Å². The molecule has 7 nitrogen and oxygen atoms in total. The molecule has 1 N–H and O–H groups in total. The van der Waals surface area contributed by atoms with Crippen molar-refractivity contribution in [2.45, 2.75) is 6.54 Å². The van der Waals surface area contributed by atoms with Crippen LogP contribution in [-0.4, -0.2) is 25.7 Å². The molecule has 0 bridgehead atoms.